The fourth-order valence-electron chi connectivity index (χ4n) is 2.47. The van der Waals surface area contributed by atoms with Gasteiger partial charge in [0.1, 0.15) is 5.03 Å². The fourth-order valence-corrected chi connectivity index (χ4v) is 3.63. The van der Waals surface area contributed by atoms with Crippen LogP contribution in [0.25, 0.3) is 11.0 Å². The van der Waals surface area contributed by atoms with E-state index in [1.54, 1.807) is 0 Å². The molecule has 0 unspecified atom stereocenters. The molecule has 0 aliphatic carbocycles. The highest BCUT2D eigenvalue weighted by atomic mass is 35.5. The second-order valence-electron chi connectivity index (χ2n) is 5.58. The Morgan fingerprint density at radius 1 is 1.19 bits per heavy atom. The number of para-hydroxylation sites is 2. The number of unbranched alkanes of at least 4 members (excludes halogenated alkanes) is 1. The average molecular weight is 402 g/mol. The summed E-state index contributed by atoms with van der Waals surface area (Å²) in [7, 11) is 0. The van der Waals surface area contributed by atoms with E-state index in [2.05, 4.69) is 9.97 Å². The first-order valence-electron chi connectivity index (χ1n) is 7.87. The normalized spacial score (nSPS) is 12.0. The van der Waals surface area contributed by atoms with Gasteiger partial charge < -0.3 is 9.67 Å². The van der Waals surface area contributed by atoms with Crippen LogP contribution in [0.2, 0.25) is 5.02 Å². The molecule has 0 radical (unpaired) electrons. The van der Waals surface area contributed by atoms with Crippen molar-refractivity contribution in [2.45, 2.75) is 35.7 Å². The summed E-state index contributed by atoms with van der Waals surface area (Å²) < 4.78 is 40.2. The molecule has 26 heavy (non-hydrogen) atoms. The van der Waals surface area contributed by atoms with Crippen molar-refractivity contribution < 1.29 is 18.3 Å². The molecule has 0 bridgehead atoms. The van der Waals surface area contributed by atoms with Crippen LogP contribution in [0.15, 0.2) is 46.7 Å². The van der Waals surface area contributed by atoms with Crippen LogP contribution >= 0.6 is 23.4 Å². The number of alkyl halides is 3. The number of rotatable bonds is 6. The van der Waals surface area contributed by atoms with Gasteiger partial charge in [-0.15, -0.1) is 0 Å². The SMILES string of the molecule is OCCCCn1c(Sc2ncc(C(F)(F)F)cc2Cl)nc2ccccc21. The Labute approximate surface area is 157 Å². The van der Waals surface area contributed by atoms with E-state index in [1.165, 1.54) is 0 Å². The first kappa shape index (κ1) is 19.0. The molecule has 1 N–H and O–H groups in total. The number of halogens is 4. The molecule has 0 amide bonds. The number of pyridine rings is 1. The summed E-state index contributed by atoms with van der Waals surface area (Å²) in [5.41, 5.74) is 0.807. The van der Waals surface area contributed by atoms with E-state index in [0.717, 1.165) is 41.5 Å². The van der Waals surface area contributed by atoms with Gasteiger partial charge in [0.2, 0.25) is 0 Å². The maximum atomic E-state index is 12.8. The van der Waals surface area contributed by atoms with Gasteiger partial charge in [-0.05, 0) is 42.8 Å². The zero-order valence-electron chi connectivity index (χ0n) is 13.5. The van der Waals surface area contributed by atoms with Gasteiger partial charge in [-0.2, -0.15) is 13.2 Å². The highest BCUT2D eigenvalue weighted by Gasteiger charge is 2.31. The van der Waals surface area contributed by atoms with Crippen molar-refractivity contribution in [2.24, 2.45) is 0 Å². The van der Waals surface area contributed by atoms with E-state index < -0.39 is 11.7 Å². The van der Waals surface area contributed by atoms with Gasteiger partial charge in [0.05, 0.1) is 21.6 Å². The van der Waals surface area contributed by atoms with Crippen LogP contribution in [0.3, 0.4) is 0 Å². The van der Waals surface area contributed by atoms with Crippen LogP contribution in [-0.4, -0.2) is 26.2 Å². The van der Waals surface area contributed by atoms with Gasteiger partial charge in [-0.1, -0.05) is 23.7 Å². The summed E-state index contributed by atoms with van der Waals surface area (Å²) in [6.07, 6.45) is -2.32. The van der Waals surface area contributed by atoms with Crippen molar-refractivity contribution >= 4 is 34.4 Å². The molecule has 0 atom stereocenters. The molecule has 0 saturated heterocycles. The summed E-state index contributed by atoms with van der Waals surface area (Å²) in [5.74, 6) is 0. The molecule has 3 aromatic rings. The number of fused-ring (bicyclic) bond motifs is 1. The van der Waals surface area contributed by atoms with Crippen molar-refractivity contribution in [1.29, 1.82) is 0 Å². The third-order valence-corrected chi connectivity index (χ3v) is 5.15. The topological polar surface area (TPSA) is 50.9 Å². The number of hydrogen-bond acceptors (Lipinski definition) is 4. The zero-order valence-corrected chi connectivity index (χ0v) is 15.1. The minimum absolute atomic E-state index is 0.0706. The zero-order chi connectivity index (χ0) is 18.7. The second-order valence-corrected chi connectivity index (χ2v) is 6.94. The molecule has 9 heteroatoms. The van der Waals surface area contributed by atoms with Crippen LogP contribution in [0.4, 0.5) is 13.2 Å². The molecule has 2 heterocycles. The predicted molar refractivity (Wildman–Crippen MR) is 94.4 cm³/mol. The number of aryl methyl sites for hydroxylation is 1. The number of aliphatic hydroxyl groups is 1. The third-order valence-electron chi connectivity index (χ3n) is 3.73. The number of benzene rings is 1. The molecule has 0 aliphatic heterocycles. The summed E-state index contributed by atoms with van der Waals surface area (Å²) in [4.78, 5) is 8.41. The first-order valence-corrected chi connectivity index (χ1v) is 9.06. The summed E-state index contributed by atoms with van der Waals surface area (Å²) in [6.45, 7) is 0.725. The second kappa shape index (κ2) is 7.85. The lowest BCUT2D eigenvalue weighted by Gasteiger charge is -2.10. The van der Waals surface area contributed by atoms with Gasteiger partial charge >= 0.3 is 6.18 Å². The van der Waals surface area contributed by atoms with E-state index >= 15 is 0 Å². The number of aromatic nitrogens is 3. The Morgan fingerprint density at radius 3 is 2.65 bits per heavy atom. The lowest BCUT2D eigenvalue weighted by molar-refractivity contribution is -0.137. The van der Waals surface area contributed by atoms with E-state index in [4.69, 9.17) is 16.7 Å². The minimum Gasteiger partial charge on any atom is -0.396 e. The van der Waals surface area contributed by atoms with Crippen molar-refractivity contribution in [1.82, 2.24) is 14.5 Å². The molecule has 3 rings (SSSR count). The van der Waals surface area contributed by atoms with Gasteiger partial charge in [0, 0.05) is 19.3 Å². The first-order chi connectivity index (χ1) is 12.4. The molecule has 0 spiro atoms. The number of imidazole rings is 1. The Morgan fingerprint density at radius 2 is 1.96 bits per heavy atom. The van der Waals surface area contributed by atoms with Crippen molar-refractivity contribution in [3.8, 4) is 0 Å². The third kappa shape index (κ3) is 4.13. The smallest absolute Gasteiger partial charge is 0.396 e. The lowest BCUT2D eigenvalue weighted by atomic mass is 10.3. The molecule has 0 aliphatic rings. The van der Waals surface area contributed by atoms with E-state index in [9.17, 15) is 13.2 Å². The number of aliphatic hydroxyl groups excluding tert-OH is 1. The van der Waals surface area contributed by atoms with Gasteiger partial charge in [0.15, 0.2) is 5.16 Å². The molecular formula is C17H15ClF3N3OS. The molecule has 138 valence electrons. The summed E-state index contributed by atoms with van der Waals surface area (Å²) in [5, 5.41) is 9.78. The van der Waals surface area contributed by atoms with Crippen molar-refractivity contribution in [3.05, 3.63) is 47.1 Å². The maximum absolute atomic E-state index is 12.8. The van der Waals surface area contributed by atoms with Crippen LogP contribution in [0, 0.1) is 0 Å². The van der Waals surface area contributed by atoms with Crippen LogP contribution in [0.5, 0.6) is 0 Å². The quantitative estimate of drug-likeness (QED) is 0.589. The number of hydrogen-bond donors (Lipinski definition) is 1. The Kier molecular flexibility index (Phi) is 5.74. The van der Waals surface area contributed by atoms with Gasteiger partial charge in [-0.25, -0.2) is 9.97 Å². The standard InChI is InChI=1S/C17H15ClF3N3OS/c18-12-9-11(17(19,20)21)10-22-15(12)26-16-23-13-5-1-2-6-14(13)24(16)7-3-4-8-25/h1-2,5-6,9-10,25H,3-4,7-8H2. The van der Waals surface area contributed by atoms with Crippen LogP contribution in [-0.2, 0) is 12.7 Å². The van der Waals surface area contributed by atoms with E-state index in [1.807, 2.05) is 28.8 Å². The maximum Gasteiger partial charge on any atom is 0.417 e. The minimum atomic E-state index is -4.49. The highest BCUT2D eigenvalue weighted by Crippen LogP contribution is 2.37. The molecule has 2 aromatic heterocycles. The monoisotopic (exact) mass is 401 g/mol. The predicted octanol–water partition coefficient (Wildman–Crippen LogP) is 5.03. The van der Waals surface area contributed by atoms with E-state index in [-0.39, 0.29) is 16.7 Å². The molecule has 0 fully saturated rings. The largest absolute Gasteiger partial charge is 0.417 e. The highest BCUT2D eigenvalue weighted by molar-refractivity contribution is 7.99. The molecule has 4 nitrogen and oxygen atoms in total. The Balaban J connectivity index is 1.94. The van der Waals surface area contributed by atoms with Crippen LogP contribution < -0.4 is 0 Å². The van der Waals surface area contributed by atoms with E-state index in [0.29, 0.717) is 18.1 Å². The fraction of sp³-hybridized carbons (Fsp3) is 0.294. The Bertz CT molecular complexity index is 914. The summed E-state index contributed by atoms with van der Waals surface area (Å²) >= 11 is 7.13. The lowest BCUT2D eigenvalue weighted by Crippen LogP contribution is -2.06. The Hall–Kier alpha value is -1.77. The van der Waals surface area contributed by atoms with Crippen molar-refractivity contribution in [3.63, 3.8) is 0 Å². The van der Waals surface area contributed by atoms with Gasteiger partial charge in [0.25, 0.3) is 0 Å². The molecule has 1 aromatic carbocycles. The van der Waals surface area contributed by atoms with Crippen molar-refractivity contribution in [2.75, 3.05) is 6.61 Å². The van der Waals surface area contributed by atoms with Crippen LogP contribution in [0.1, 0.15) is 18.4 Å². The van der Waals surface area contributed by atoms with Gasteiger partial charge in [-0.3, -0.25) is 0 Å². The average Bonchev–Trinajstić information content (AvgIpc) is 2.93. The summed E-state index contributed by atoms with van der Waals surface area (Å²) in [6, 6.07) is 8.42. The molecule has 0 saturated carbocycles. The number of nitrogens with zero attached hydrogens (tertiary/aromatic N) is 3. The molecular weight excluding hydrogens is 387 g/mol.